The summed E-state index contributed by atoms with van der Waals surface area (Å²) in [6.45, 7) is 5.77. The molecule has 2 heterocycles. The minimum Gasteiger partial charge on any atom is -0.497 e. The molecule has 2 aromatic carbocycles. The van der Waals surface area contributed by atoms with Gasteiger partial charge in [-0.15, -0.1) is 0 Å². The third-order valence-electron chi connectivity index (χ3n) is 5.95. The molecule has 3 aromatic rings. The average Bonchev–Trinajstić information content (AvgIpc) is 3.33. The number of methoxy groups -OCH3 is 2. The summed E-state index contributed by atoms with van der Waals surface area (Å²) in [5.74, 6) is 1.11. The van der Waals surface area contributed by atoms with Gasteiger partial charge in [-0.3, -0.25) is 4.79 Å². The van der Waals surface area contributed by atoms with Crippen LogP contribution in [-0.2, 0) is 4.74 Å². The van der Waals surface area contributed by atoms with Gasteiger partial charge in [0, 0.05) is 37.8 Å². The zero-order valence-electron chi connectivity index (χ0n) is 20.5. The van der Waals surface area contributed by atoms with E-state index in [9.17, 15) is 9.59 Å². The number of carbonyl (C=O) groups excluding carboxylic acids is 2. The molecule has 0 atom stereocenters. The first-order valence-corrected chi connectivity index (χ1v) is 11.6. The monoisotopic (exact) mass is 478 g/mol. The number of aromatic nitrogens is 2. The average molecular weight is 479 g/mol. The summed E-state index contributed by atoms with van der Waals surface area (Å²) < 4.78 is 17.6. The molecule has 1 aromatic heterocycles. The van der Waals surface area contributed by atoms with Crippen molar-refractivity contribution in [2.75, 3.05) is 47.0 Å². The van der Waals surface area contributed by atoms with Gasteiger partial charge in [0.25, 0.3) is 5.91 Å². The van der Waals surface area contributed by atoms with Crippen LogP contribution in [0, 0.1) is 6.92 Å². The molecular formula is C26H30N4O5. The van der Waals surface area contributed by atoms with Gasteiger partial charge in [-0.05, 0) is 49.7 Å². The van der Waals surface area contributed by atoms with Crippen LogP contribution >= 0.6 is 0 Å². The van der Waals surface area contributed by atoms with Crippen molar-refractivity contribution in [3.05, 3.63) is 59.8 Å². The Morgan fingerprint density at radius 2 is 1.69 bits per heavy atom. The van der Waals surface area contributed by atoms with Crippen LogP contribution in [0.15, 0.2) is 48.5 Å². The van der Waals surface area contributed by atoms with Gasteiger partial charge in [0.05, 0.1) is 32.2 Å². The molecule has 9 heteroatoms. The Labute approximate surface area is 204 Å². The lowest BCUT2D eigenvalue weighted by atomic mass is 10.1. The van der Waals surface area contributed by atoms with Crippen LogP contribution in [0.1, 0.15) is 23.0 Å². The van der Waals surface area contributed by atoms with E-state index in [1.165, 1.54) is 0 Å². The summed E-state index contributed by atoms with van der Waals surface area (Å²) in [6, 6.07) is 15.1. The molecule has 0 saturated carbocycles. The van der Waals surface area contributed by atoms with Crippen molar-refractivity contribution >= 4 is 12.0 Å². The fraction of sp³-hybridized carbons (Fsp3) is 0.346. The van der Waals surface area contributed by atoms with E-state index in [-0.39, 0.29) is 12.0 Å². The maximum Gasteiger partial charge on any atom is 0.409 e. The Hall–Kier alpha value is -4.01. The number of rotatable bonds is 6. The number of piperazine rings is 1. The smallest absolute Gasteiger partial charge is 0.409 e. The molecule has 184 valence electrons. The predicted octanol–water partition coefficient (Wildman–Crippen LogP) is 3.78. The number of nitrogens with zero attached hydrogens (tertiary/aromatic N) is 4. The highest BCUT2D eigenvalue weighted by molar-refractivity contribution is 5.95. The second-order valence-electron chi connectivity index (χ2n) is 8.21. The lowest BCUT2D eigenvalue weighted by Gasteiger charge is -2.34. The van der Waals surface area contributed by atoms with E-state index >= 15 is 0 Å². The Morgan fingerprint density at radius 3 is 2.34 bits per heavy atom. The molecule has 0 bridgehead atoms. The summed E-state index contributed by atoms with van der Waals surface area (Å²) in [7, 11) is 3.18. The summed E-state index contributed by atoms with van der Waals surface area (Å²) in [4.78, 5) is 29.1. The number of aryl methyl sites for hydroxylation is 1. The first-order valence-electron chi connectivity index (χ1n) is 11.6. The Kier molecular flexibility index (Phi) is 7.24. The molecule has 1 aliphatic rings. The normalized spacial score (nSPS) is 13.5. The molecule has 0 spiro atoms. The van der Waals surface area contributed by atoms with Crippen molar-refractivity contribution < 1.29 is 23.8 Å². The number of carbonyl (C=O) groups is 2. The lowest BCUT2D eigenvalue weighted by Crippen LogP contribution is -2.51. The summed E-state index contributed by atoms with van der Waals surface area (Å²) in [5.41, 5.74) is 3.65. The number of ether oxygens (including phenoxy) is 3. The maximum absolute atomic E-state index is 13.7. The molecule has 0 aliphatic carbocycles. The molecule has 0 radical (unpaired) electrons. The second kappa shape index (κ2) is 10.5. The number of benzene rings is 2. The van der Waals surface area contributed by atoms with Crippen molar-refractivity contribution in [2.24, 2.45) is 0 Å². The first kappa shape index (κ1) is 24.1. The Morgan fingerprint density at radius 1 is 0.943 bits per heavy atom. The van der Waals surface area contributed by atoms with Crippen LogP contribution in [0.25, 0.3) is 16.9 Å². The highest BCUT2D eigenvalue weighted by atomic mass is 16.6. The van der Waals surface area contributed by atoms with Crippen molar-refractivity contribution in [2.45, 2.75) is 13.8 Å². The van der Waals surface area contributed by atoms with Crippen LogP contribution in [0.4, 0.5) is 4.79 Å². The molecule has 0 N–H and O–H groups in total. The fourth-order valence-corrected chi connectivity index (χ4v) is 4.10. The van der Waals surface area contributed by atoms with E-state index < -0.39 is 0 Å². The number of hydrogen-bond donors (Lipinski definition) is 0. The van der Waals surface area contributed by atoms with Crippen molar-refractivity contribution in [3.8, 4) is 28.4 Å². The van der Waals surface area contributed by atoms with Crippen LogP contribution in [0.5, 0.6) is 11.5 Å². The Balaban J connectivity index is 1.69. The molecule has 4 rings (SSSR count). The zero-order valence-corrected chi connectivity index (χ0v) is 20.5. The van der Waals surface area contributed by atoms with Crippen molar-refractivity contribution in [1.29, 1.82) is 0 Å². The zero-order chi connectivity index (χ0) is 24.9. The number of hydrogen-bond acceptors (Lipinski definition) is 6. The fourth-order valence-electron chi connectivity index (χ4n) is 4.10. The second-order valence-corrected chi connectivity index (χ2v) is 8.21. The SMILES string of the molecule is CCOC(=O)N1CCN(C(=O)c2cc(-c3ccc(OC)cc3OC)nn2-c2cccc(C)c2)CC1. The van der Waals surface area contributed by atoms with Crippen LogP contribution in [-0.4, -0.2) is 78.6 Å². The highest BCUT2D eigenvalue weighted by Crippen LogP contribution is 2.34. The minimum absolute atomic E-state index is 0.152. The van der Waals surface area contributed by atoms with Gasteiger partial charge < -0.3 is 24.0 Å². The van der Waals surface area contributed by atoms with Crippen molar-refractivity contribution in [1.82, 2.24) is 19.6 Å². The third-order valence-corrected chi connectivity index (χ3v) is 5.95. The largest absolute Gasteiger partial charge is 0.497 e. The standard InChI is InChI=1S/C26H30N4O5/c1-5-35-26(32)29-13-11-28(12-14-29)25(31)23-17-22(21-10-9-20(33-3)16-24(21)34-4)27-30(23)19-8-6-7-18(2)15-19/h6-10,15-17H,5,11-14H2,1-4H3. The molecule has 1 saturated heterocycles. The van der Waals surface area contributed by atoms with Crippen molar-refractivity contribution in [3.63, 3.8) is 0 Å². The van der Waals surface area contributed by atoms with Crippen LogP contribution in [0.2, 0.25) is 0 Å². The maximum atomic E-state index is 13.7. The van der Waals surface area contributed by atoms with Gasteiger partial charge >= 0.3 is 6.09 Å². The molecular weight excluding hydrogens is 448 g/mol. The quantitative estimate of drug-likeness (QED) is 0.536. The topological polar surface area (TPSA) is 86.1 Å². The molecule has 1 fully saturated rings. The Bertz CT molecular complexity index is 1210. The van der Waals surface area contributed by atoms with E-state index in [4.69, 9.17) is 19.3 Å². The van der Waals surface area contributed by atoms with E-state index in [1.54, 1.807) is 47.8 Å². The molecule has 0 unspecified atom stereocenters. The van der Waals surface area contributed by atoms with Gasteiger partial charge in [0.2, 0.25) is 0 Å². The molecule has 35 heavy (non-hydrogen) atoms. The van der Waals surface area contributed by atoms with Crippen LogP contribution in [0.3, 0.4) is 0 Å². The molecule has 2 amide bonds. The van der Waals surface area contributed by atoms with E-state index in [2.05, 4.69) is 0 Å². The van der Waals surface area contributed by atoms with Gasteiger partial charge in [-0.25, -0.2) is 9.48 Å². The third kappa shape index (κ3) is 5.08. The van der Waals surface area contributed by atoms with E-state index in [0.717, 1.165) is 16.8 Å². The lowest BCUT2D eigenvalue weighted by molar-refractivity contribution is 0.0563. The van der Waals surface area contributed by atoms with Gasteiger partial charge in [-0.2, -0.15) is 5.10 Å². The predicted molar refractivity (Wildman–Crippen MR) is 131 cm³/mol. The summed E-state index contributed by atoms with van der Waals surface area (Å²) in [6.07, 6.45) is -0.349. The first-order chi connectivity index (χ1) is 16.9. The van der Waals surface area contributed by atoms with E-state index in [1.807, 2.05) is 43.3 Å². The summed E-state index contributed by atoms with van der Waals surface area (Å²) >= 11 is 0. The number of amides is 2. The highest BCUT2D eigenvalue weighted by Gasteiger charge is 2.29. The van der Waals surface area contributed by atoms with Gasteiger partial charge in [-0.1, -0.05) is 12.1 Å². The molecule has 9 nitrogen and oxygen atoms in total. The van der Waals surface area contributed by atoms with Gasteiger partial charge in [0.15, 0.2) is 0 Å². The molecule has 1 aliphatic heterocycles. The van der Waals surface area contributed by atoms with Gasteiger partial charge in [0.1, 0.15) is 17.2 Å². The van der Waals surface area contributed by atoms with E-state index in [0.29, 0.717) is 55.7 Å². The minimum atomic E-state index is -0.349. The van der Waals surface area contributed by atoms with Crippen LogP contribution < -0.4 is 9.47 Å². The summed E-state index contributed by atoms with van der Waals surface area (Å²) in [5, 5.41) is 4.80.